The van der Waals surface area contributed by atoms with Crippen LogP contribution >= 0.6 is 11.3 Å². The third-order valence-corrected chi connectivity index (χ3v) is 4.84. The molecule has 23 heavy (non-hydrogen) atoms. The normalized spacial score (nSPS) is 14.8. The second kappa shape index (κ2) is 7.57. The molecular weight excluding hydrogens is 308 g/mol. The third-order valence-electron chi connectivity index (χ3n) is 4.08. The van der Waals surface area contributed by atoms with Crippen LogP contribution in [0.25, 0.3) is 0 Å². The van der Waals surface area contributed by atoms with E-state index in [0.717, 1.165) is 17.4 Å². The molecule has 122 valence electrons. The summed E-state index contributed by atoms with van der Waals surface area (Å²) in [6, 6.07) is 8.10. The summed E-state index contributed by atoms with van der Waals surface area (Å²) in [7, 11) is 0. The van der Waals surface area contributed by atoms with E-state index in [1.54, 1.807) is 10.3 Å². The van der Waals surface area contributed by atoms with Gasteiger partial charge in [-0.1, -0.05) is 12.1 Å². The Bertz CT molecular complexity index is 664. The molecule has 3 rings (SSSR count). The first kappa shape index (κ1) is 16.0. The maximum atomic E-state index is 12.1. The molecule has 0 atom stereocenters. The van der Waals surface area contributed by atoms with Gasteiger partial charge >= 0.3 is 0 Å². The van der Waals surface area contributed by atoms with Gasteiger partial charge < -0.3 is 15.5 Å². The maximum Gasteiger partial charge on any atom is 0.271 e. The number of rotatable bonds is 6. The molecule has 2 heterocycles. The van der Waals surface area contributed by atoms with Crippen LogP contribution < -0.4 is 15.5 Å². The second-order valence-electron chi connectivity index (χ2n) is 6.00. The zero-order valence-corrected chi connectivity index (χ0v) is 14.2. The van der Waals surface area contributed by atoms with Crippen molar-refractivity contribution in [2.45, 2.75) is 19.8 Å². The zero-order chi connectivity index (χ0) is 16.1. The van der Waals surface area contributed by atoms with E-state index in [0.29, 0.717) is 12.2 Å². The predicted molar refractivity (Wildman–Crippen MR) is 93.7 cm³/mol. The molecule has 0 unspecified atom stereocenters. The molecule has 1 aromatic heterocycles. The lowest BCUT2D eigenvalue weighted by Crippen LogP contribution is -3.10. The minimum absolute atomic E-state index is 0.0860. The summed E-state index contributed by atoms with van der Waals surface area (Å²) < 4.78 is 0. The number of aryl methyl sites for hydroxylation is 1. The van der Waals surface area contributed by atoms with Crippen molar-refractivity contribution in [3.05, 3.63) is 40.9 Å². The first-order valence-corrected chi connectivity index (χ1v) is 9.00. The lowest BCUT2D eigenvalue weighted by atomic mass is 10.2. The van der Waals surface area contributed by atoms with Gasteiger partial charge in [0.15, 0.2) is 5.13 Å². The molecule has 1 aliphatic rings. The Morgan fingerprint density at radius 2 is 2.17 bits per heavy atom. The zero-order valence-electron chi connectivity index (χ0n) is 13.4. The molecule has 3 N–H and O–H groups in total. The van der Waals surface area contributed by atoms with Gasteiger partial charge in [-0.3, -0.25) is 4.79 Å². The topological polar surface area (TPSA) is 58.5 Å². The molecule has 5 nitrogen and oxygen atoms in total. The summed E-state index contributed by atoms with van der Waals surface area (Å²) in [5.41, 5.74) is 2.67. The number of amides is 1. The first-order valence-electron chi connectivity index (χ1n) is 8.12. The Hall–Kier alpha value is -1.92. The van der Waals surface area contributed by atoms with Crippen LogP contribution in [-0.4, -0.2) is 37.1 Å². The third kappa shape index (κ3) is 4.53. The number of anilines is 2. The Kier molecular flexibility index (Phi) is 5.25. The standard InChI is InChI=1S/C17H22N4OS/c1-13-5-4-6-14(11-13)19-17-20-15(12-23-17)16(22)18-7-10-21-8-2-3-9-21/h4-6,11-12H,2-3,7-10H2,1H3,(H,18,22)(H,19,20)/p+1. The summed E-state index contributed by atoms with van der Waals surface area (Å²) in [5, 5.41) is 8.76. The number of carbonyl (C=O) groups is 1. The Morgan fingerprint density at radius 3 is 2.96 bits per heavy atom. The average Bonchev–Trinajstić information content (AvgIpc) is 3.19. The minimum atomic E-state index is -0.0860. The van der Waals surface area contributed by atoms with E-state index < -0.39 is 0 Å². The van der Waals surface area contributed by atoms with Gasteiger partial charge in [-0.25, -0.2) is 4.98 Å². The number of aromatic nitrogens is 1. The first-order chi connectivity index (χ1) is 11.2. The lowest BCUT2D eigenvalue weighted by Gasteiger charge is -2.11. The number of nitrogens with one attached hydrogen (secondary N) is 3. The van der Waals surface area contributed by atoms with Crippen LogP contribution in [0.15, 0.2) is 29.6 Å². The fraction of sp³-hybridized carbons (Fsp3) is 0.412. The summed E-state index contributed by atoms with van der Waals surface area (Å²) in [6.45, 7) is 6.24. The molecule has 0 aliphatic carbocycles. The van der Waals surface area contributed by atoms with Crippen LogP contribution in [0.2, 0.25) is 0 Å². The Balaban J connectivity index is 1.50. The molecule has 1 amide bonds. The lowest BCUT2D eigenvalue weighted by molar-refractivity contribution is -0.886. The van der Waals surface area contributed by atoms with Crippen molar-refractivity contribution in [3.63, 3.8) is 0 Å². The number of thiazole rings is 1. The van der Waals surface area contributed by atoms with Crippen LogP contribution in [-0.2, 0) is 0 Å². The van der Waals surface area contributed by atoms with Crippen LogP contribution in [0.1, 0.15) is 28.9 Å². The van der Waals surface area contributed by atoms with Gasteiger partial charge in [-0.2, -0.15) is 0 Å². The molecule has 0 radical (unpaired) electrons. The van der Waals surface area contributed by atoms with Crippen molar-refractivity contribution in [1.29, 1.82) is 0 Å². The van der Waals surface area contributed by atoms with Crippen molar-refractivity contribution < 1.29 is 9.69 Å². The van der Waals surface area contributed by atoms with Gasteiger partial charge in [0.05, 0.1) is 26.2 Å². The number of hydrogen-bond acceptors (Lipinski definition) is 4. The van der Waals surface area contributed by atoms with Crippen LogP contribution in [0.5, 0.6) is 0 Å². The number of quaternary nitrogens is 1. The quantitative estimate of drug-likeness (QED) is 0.754. The van der Waals surface area contributed by atoms with Gasteiger partial charge in [0.1, 0.15) is 5.69 Å². The number of nitrogens with zero attached hydrogens (tertiary/aromatic N) is 1. The van der Waals surface area contributed by atoms with Crippen molar-refractivity contribution in [2.75, 3.05) is 31.5 Å². The Labute approximate surface area is 140 Å². The molecule has 6 heteroatoms. The van der Waals surface area contributed by atoms with Gasteiger partial charge in [0.25, 0.3) is 5.91 Å². The molecular formula is C17H23N4OS+. The van der Waals surface area contributed by atoms with E-state index in [4.69, 9.17) is 0 Å². The SMILES string of the molecule is Cc1cccc(Nc2nc(C(=O)NCC[NH+]3CCCC3)cs2)c1. The average molecular weight is 331 g/mol. The largest absolute Gasteiger partial charge is 0.345 e. The summed E-state index contributed by atoms with van der Waals surface area (Å²) in [4.78, 5) is 18.1. The molecule has 2 aromatic rings. The second-order valence-corrected chi connectivity index (χ2v) is 6.85. The highest BCUT2D eigenvalue weighted by Crippen LogP contribution is 2.21. The fourth-order valence-corrected chi connectivity index (χ4v) is 3.56. The monoisotopic (exact) mass is 331 g/mol. The van der Waals surface area contributed by atoms with Crippen molar-refractivity contribution in [3.8, 4) is 0 Å². The summed E-state index contributed by atoms with van der Waals surface area (Å²) >= 11 is 1.45. The van der Waals surface area contributed by atoms with Gasteiger partial charge in [-0.15, -0.1) is 11.3 Å². The van der Waals surface area contributed by atoms with Crippen molar-refractivity contribution >= 4 is 28.1 Å². The number of benzene rings is 1. The van der Waals surface area contributed by atoms with Crippen LogP contribution in [0.3, 0.4) is 0 Å². The van der Waals surface area contributed by atoms with E-state index in [1.165, 1.54) is 42.8 Å². The van der Waals surface area contributed by atoms with E-state index in [1.807, 2.05) is 25.1 Å². The fourth-order valence-electron chi connectivity index (χ4n) is 2.85. The molecule has 1 fully saturated rings. The maximum absolute atomic E-state index is 12.1. The predicted octanol–water partition coefficient (Wildman–Crippen LogP) is 1.60. The van der Waals surface area contributed by atoms with E-state index in [2.05, 4.69) is 21.7 Å². The molecule has 0 saturated carbocycles. The molecule has 1 aliphatic heterocycles. The van der Waals surface area contributed by atoms with E-state index in [-0.39, 0.29) is 5.91 Å². The highest BCUT2D eigenvalue weighted by atomic mass is 32.1. The Morgan fingerprint density at radius 1 is 1.35 bits per heavy atom. The highest BCUT2D eigenvalue weighted by molar-refractivity contribution is 7.14. The molecule has 1 saturated heterocycles. The summed E-state index contributed by atoms with van der Waals surface area (Å²) in [5.74, 6) is -0.0860. The van der Waals surface area contributed by atoms with Gasteiger partial charge in [-0.05, 0) is 24.6 Å². The van der Waals surface area contributed by atoms with Gasteiger partial charge in [0, 0.05) is 23.9 Å². The molecule has 0 bridgehead atoms. The number of carbonyl (C=O) groups excluding carboxylic acids is 1. The molecule has 1 aromatic carbocycles. The number of likely N-dealkylation sites (tertiary alicyclic amines) is 1. The van der Waals surface area contributed by atoms with Gasteiger partial charge in [0.2, 0.25) is 0 Å². The van der Waals surface area contributed by atoms with E-state index >= 15 is 0 Å². The van der Waals surface area contributed by atoms with Crippen LogP contribution in [0.4, 0.5) is 10.8 Å². The minimum Gasteiger partial charge on any atom is -0.345 e. The van der Waals surface area contributed by atoms with Crippen LogP contribution in [0, 0.1) is 6.92 Å². The molecule has 0 spiro atoms. The highest BCUT2D eigenvalue weighted by Gasteiger charge is 2.16. The smallest absolute Gasteiger partial charge is 0.271 e. The number of hydrogen-bond donors (Lipinski definition) is 3. The summed E-state index contributed by atoms with van der Waals surface area (Å²) in [6.07, 6.45) is 2.62. The van der Waals surface area contributed by atoms with Crippen molar-refractivity contribution in [1.82, 2.24) is 10.3 Å². The van der Waals surface area contributed by atoms with Crippen molar-refractivity contribution in [2.24, 2.45) is 0 Å². The van der Waals surface area contributed by atoms with E-state index in [9.17, 15) is 4.79 Å².